The second-order valence-electron chi connectivity index (χ2n) is 4.56. The second kappa shape index (κ2) is 4.73. The Morgan fingerprint density at radius 3 is 2.41 bits per heavy atom. The molecule has 0 aliphatic carbocycles. The molecule has 0 unspecified atom stereocenters. The Kier molecular flexibility index (Phi) is 3.75. The second-order valence-corrected chi connectivity index (χ2v) is 4.56. The van der Waals surface area contributed by atoms with E-state index in [1.807, 2.05) is 0 Å². The molecule has 1 aromatic heterocycles. The van der Waals surface area contributed by atoms with Gasteiger partial charge in [0.05, 0.1) is 4.92 Å². The van der Waals surface area contributed by atoms with Gasteiger partial charge in [-0.1, -0.05) is 13.8 Å². The van der Waals surface area contributed by atoms with Crippen LogP contribution in [0.15, 0.2) is 0 Å². The van der Waals surface area contributed by atoms with E-state index in [1.54, 1.807) is 14.0 Å². The van der Waals surface area contributed by atoms with Crippen LogP contribution in [0.1, 0.15) is 39.3 Å². The Morgan fingerprint density at radius 1 is 1.47 bits per heavy atom. The number of anilines is 1. The van der Waals surface area contributed by atoms with Crippen molar-refractivity contribution < 1.29 is 4.92 Å². The minimum absolute atomic E-state index is 0.0700. The summed E-state index contributed by atoms with van der Waals surface area (Å²) in [4.78, 5) is 10.7. The molecule has 0 atom stereocenters. The van der Waals surface area contributed by atoms with Crippen molar-refractivity contribution in [2.24, 2.45) is 7.05 Å². The molecule has 0 aromatic carbocycles. The summed E-state index contributed by atoms with van der Waals surface area (Å²) in [6.45, 7) is 7.83. The maximum Gasteiger partial charge on any atom is 0.333 e. The first-order valence-electron chi connectivity index (χ1n) is 5.80. The van der Waals surface area contributed by atoms with Gasteiger partial charge in [-0.25, -0.2) is 4.68 Å². The lowest BCUT2D eigenvalue weighted by Gasteiger charge is -2.28. The summed E-state index contributed by atoms with van der Waals surface area (Å²) in [7, 11) is 1.72. The summed E-state index contributed by atoms with van der Waals surface area (Å²) in [5.74, 6) is 0.485. The van der Waals surface area contributed by atoms with Crippen LogP contribution in [-0.4, -0.2) is 20.2 Å². The molecule has 0 spiro atoms. The van der Waals surface area contributed by atoms with Crippen LogP contribution < -0.4 is 5.32 Å². The van der Waals surface area contributed by atoms with Crippen LogP contribution >= 0.6 is 0 Å². The first-order chi connectivity index (χ1) is 7.84. The molecule has 0 aliphatic heterocycles. The van der Waals surface area contributed by atoms with Crippen molar-refractivity contribution in [2.75, 3.05) is 5.32 Å². The van der Waals surface area contributed by atoms with Gasteiger partial charge in [0.25, 0.3) is 0 Å². The molecule has 0 fully saturated rings. The third-order valence-corrected chi connectivity index (χ3v) is 3.35. The predicted octanol–water partition coefficient (Wildman–Crippen LogP) is 2.63. The fourth-order valence-corrected chi connectivity index (χ4v) is 1.72. The van der Waals surface area contributed by atoms with Gasteiger partial charge in [0, 0.05) is 12.6 Å². The summed E-state index contributed by atoms with van der Waals surface area (Å²) in [5, 5.41) is 18.4. The minimum Gasteiger partial charge on any atom is -0.359 e. The van der Waals surface area contributed by atoms with Crippen LogP contribution in [-0.2, 0) is 7.05 Å². The third-order valence-electron chi connectivity index (χ3n) is 3.35. The van der Waals surface area contributed by atoms with Crippen molar-refractivity contribution in [3.63, 3.8) is 0 Å². The smallest absolute Gasteiger partial charge is 0.333 e. The minimum atomic E-state index is -0.379. The van der Waals surface area contributed by atoms with Crippen molar-refractivity contribution in [3.05, 3.63) is 15.8 Å². The zero-order valence-electron chi connectivity index (χ0n) is 11.1. The first kappa shape index (κ1) is 13.5. The average molecular weight is 240 g/mol. The summed E-state index contributed by atoms with van der Waals surface area (Å²) < 4.78 is 1.54. The highest BCUT2D eigenvalue weighted by Crippen LogP contribution is 2.31. The van der Waals surface area contributed by atoms with Crippen LogP contribution in [0.2, 0.25) is 0 Å². The van der Waals surface area contributed by atoms with Gasteiger partial charge in [-0.15, -0.1) is 0 Å². The lowest BCUT2D eigenvalue weighted by molar-refractivity contribution is -0.384. The van der Waals surface area contributed by atoms with E-state index in [2.05, 4.69) is 31.2 Å². The molecule has 96 valence electrons. The largest absolute Gasteiger partial charge is 0.359 e. The number of nitrogens with zero attached hydrogens (tertiary/aromatic N) is 3. The number of nitrogens with one attached hydrogen (secondary N) is 1. The van der Waals surface area contributed by atoms with Crippen LogP contribution in [0.5, 0.6) is 0 Å². The number of nitro groups is 1. The zero-order valence-corrected chi connectivity index (χ0v) is 11.1. The predicted molar refractivity (Wildman–Crippen MR) is 67.2 cm³/mol. The Balaban J connectivity index is 3.18. The molecule has 1 heterocycles. The van der Waals surface area contributed by atoms with Crippen molar-refractivity contribution in [1.82, 2.24) is 9.78 Å². The number of aromatic nitrogens is 2. The van der Waals surface area contributed by atoms with E-state index in [0.29, 0.717) is 11.5 Å². The van der Waals surface area contributed by atoms with E-state index < -0.39 is 0 Å². The molecule has 0 aliphatic rings. The highest BCUT2D eigenvalue weighted by atomic mass is 16.6. The number of rotatable bonds is 5. The third kappa shape index (κ3) is 2.57. The van der Waals surface area contributed by atoms with Crippen LogP contribution in [0.4, 0.5) is 11.5 Å². The van der Waals surface area contributed by atoms with E-state index in [0.717, 1.165) is 12.8 Å². The Bertz CT molecular complexity index is 421. The molecule has 0 bridgehead atoms. The normalized spacial score (nSPS) is 11.6. The van der Waals surface area contributed by atoms with E-state index in [-0.39, 0.29) is 16.1 Å². The molecule has 0 saturated carbocycles. The number of hydrogen-bond acceptors (Lipinski definition) is 4. The van der Waals surface area contributed by atoms with E-state index in [1.165, 1.54) is 4.68 Å². The molecule has 17 heavy (non-hydrogen) atoms. The standard InChI is InChI=1S/C11H20N4O2/c1-6-11(4,7-2)12-10-9(15(16)17)8(3)13-14(10)5/h12H,6-7H2,1-5H3. The fourth-order valence-electron chi connectivity index (χ4n) is 1.72. The lowest BCUT2D eigenvalue weighted by atomic mass is 9.95. The monoisotopic (exact) mass is 240 g/mol. The van der Waals surface area contributed by atoms with Gasteiger partial charge < -0.3 is 5.32 Å². The molecular weight excluding hydrogens is 220 g/mol. The van der Waals surface area contributed by atoms with Crippen molar-refractivity contribution in [1.29, 1.82) is 0 Å². The van der Waals surface area contributed by atoms with Gasteiger partial charge in [-0.3, -0.25) is 10.1 Å². The molecule has 6 heteroatoms. The summed E-state index contributed by atoms with van der Waals surface area (Å²) >= 11 is 0. The Labute approximate surface area is 101 Å². The van der Waals surface area contributed by atoms with Gasteiger partial charge in [-0.05, 0) is 26.7 Å². The Hall–Kier alpha value is -1.59. The Morgan fingerprint density at radius 2 is 2.00 bits per heavy atom. The molecule has 1 aromatic rings. The maximum absolute atomic E-state index is 11.0. The maximum atomic E-state index is 11.0. The average Bonchev–Trinajstić information content (AvgIpc) is 2.53. The van der Waals surface area contributed by atoms with E-state index >= 15 is 0 Å². The van der Waals surface area contributed by atoms with Gasteiger partial charge in [0.2, 0.25) is 5.82 Å². The van der Waals surface area contributed by atoms with Crippen molar-refractivity contribution >= 4 is 11.5 Å². The highest BCUT2D eigenvalue weighted by molar-refractivity contribution is 5.60. The molecule has 0 saturated heterocycles. The van der Waals surface area contributed by atoms with Gasteiger partial charge in [0.1, 0.15) is 5.69 Å². The van der Waals surface area contributed by atoms with Gasteiger partial charge in [-0.2, -0.15) is 5.10 Å². The van der Waals surface area contributed by atoms with Crippen LogP contribution in [0.3, 0.4) is 0 Å². The van der Waals surface area contributed by atoms with Gasteiger partial charge in [0.15, 0.2) is 0 Å². The first-order valence-corrected chi connectivity index (χ1v) is 5.80. The summed E-state index contributed by atoms with van der Waals surface area (Å²) in [5.41, 5.74) is 0.362. The molecule has 6 nitrogen and oxygen atoms in total. The molecular formula is C11H20N4O2. The molecule has 1 rings (SSSR count). The zero-order chi connectivity index (χ0) is 13.2. The summed E-state index contributed by atoms with van der Waals surface area (Å²) in [6, 6.07) is 0. The quantitative estimate of drug-likeness (QED) is 0.634. The molecule has 0 amide bonds. The van der Waals surface area contributed by atoms with Crippen LogP contribution in [0, 0.1) is 17.0 Å². The highest BCUT2D eigenvalue weighted by Gasteiger charge is 2.29. The number of hydrogen-bond donors (Lipinski definition) is 1. The van der Waals surface area contributed by atoms with Crippen LogP contribution in [0.25, 0.3) is 0 Å². The summed E-state index contributed by atoms with van der Waals surface area (Å²) in [6.07, 6.45) is 1.79. The molecule has 1 N–H and O–H groups in total. The molecule has 0 radical (unpaired) electrons. The van der Waals surface area contributed by atoms with E-state index in [9.17, 15) is 10.1 Å². The van der Waals surface area contributed by atoms with Gasteiger partial charge >= 0.3 is 5.69 Å². The lowest BCUT2D eigenvalue weighted by Crippen LogP contribution is -2.34. The topological polar surface area (TPSA) is 73.0 Å². The van der Waals surface area contributed by atoms with Crippen molar-refractivity contribution in [3.8, 4) is 0 Å². The van der Waals surface area contributed by atoms with Crippen molar-refractivity contribution in [2.45, 2.75) is 46.1 Å². The SMILES string of the molecule is CCC(C)(CC)Nc1c([N+](=O)[O-])c(C)nn1C. The number of aryl methyl sites for hydroxylation is 2. The van der Waals surface area contributed by atoms with E-state index in [4.69, 9.17) is 0 Å². The fraction of sp³-hybridized carbons (Fsp3) is 0.727.